The lowest BCUT2D eigenvalue weighted by Gasteiger charge is -2.09. The van der Waals surface area contributed by atoms with Crippen LogP contribution >= 0.6 is 0 Å². The zero-order chi connectivity index (χ0) is 93.6. The molecule has 12 rings (SSSR count). The van der Waals surface area contributed by atoms with Gasteiger partial charge in [0.05, 0.1) is 33.4 Å². The van der Waals surface area contributed by atoms with E-state index in [2.05, 4.69) is 0 Å². The van der Waals surface area contributed by atoms with E-state index in [0.717, 1.165) is 97.1 Å². The van der Waals surface area contributed by atoms with Gasteiger partial charge < -0.3 is 174 Å². The fraction of sp³-hybridized carbons (Fsp3) is 0. The largest absolute Gasteiger partial charge is 0.505 e. The van der Waals surface area contributed by atoms with Crippen LogP contribution in [0.3, 0.4) is 0 Å². The first-order chi connectivity index (χ1) is 57.6. The van der Waals surface area contributed by atoms with Crippen LogP contribution in [0, 0.1) is 34.9 Å². The predicted molar refractivity (Wildman–Crippen MR) is 394 cm³/mol. The molecule has 0 spiro atoms. The van der Waals surface area contributed by atoms with Gasteiger partial charge >= 0.3 is 0 Å². The molecule has 12 aromatic rings. The maximum absolute atomic E-state index is 13.7. The Balaban J connectivity index is 0.000000204. The van der Waals surface area contributed by atoms with Crippen LogP contribution in [0.1, 0.15) is 95.5 Å². The van der Waals surface area contributed by atoms with Crippen molar-refractivity contribution >= 4 is 34.7 Å². The lowest BCUT2D eigenvalue weighted by molar-refractivity contribution is 0.102. The van der Waals surface area contributed by atoms with Crippen molar-refractivity contribution in [2.75, 3.05) is 0 Å². The van der Waals surface area contributed by atoms with Crippen molar-refractivity contribution in [2.24, 2.45) is 0 Å². The first-order valence-corrected chi connectivity index (χ1v) is 32.5. The lowest BCUT2D eigenvalue weighted by Crippen LogP contribution is -2.04. The minimum Gasteiger partial charge on any atom is -0.505 e. The lowest BCUT2D eigenvalue weighted by atomic mass is 10.0. The van der Waals surface area contributed by atoms with Crippen LogP contribution in [-0.4, -0.2) is 208 Å². The predicted octanol–water partition coefficient (Wildman–Crippen LogP) is 8.33. The van der Waals surface area contributed by atoms with Gasteiger partial charge in [0.1, 0.15) is 0 Å². The molecule has 0 radical (unpaired) electrons. The Bertz CT molecular complexity index is 5630. The Morgan fingerprint density at radius 2 is 0.371 bits per heavy atom. The number of hydrogen-bond donors (Lipinski definition) is 34. The summed E-state index contributed by atoms with van der Waals surface area (Å²) in [5.41, 5.74) is -5.79. The molecule has 648 valence electrons. The fourth-order valence-electron chi connectivity index (χ4n) is 9.98. The molecule has 0 atom stereocenters. The van der Waals surface area contributed by atoms with Crippen LogP contribution in [0.15, 0.2) is 121 Å². The number of halogens is 6. The maximum atomic E-state index is 13.7. The van der Waals surface area contributed by atoms with E-state index in [-0.39, 0.29) is 33.4 Å². The average molecular weight is 1750 g/mol. The monoisotopic (exact) mass is 1740 g/mol. The summed E-state index contributed by atoms with van der Waals surface area (Å²) < 4.78 is 79.6. The van der Waals surface area contributed by atoms with Crippen LogP contribution in [-0.2, 0) is 0 Å². The highest BCUT2D eigenvalue weighted by Gasteiger charge is 2.31. The maximum Gasteiger partial charge on any atom is 0.211 e. The van der Waals surface area contributed by atoms with Gasteiger partial charge in [-0.2, -0.15) is 13.2 Å². The summed E-state index contributed by atoms with van der Waals surface area (Å²) in [6.07, 6.45) is 0. The van der Waals surface area contributed by atoms with E-state index >= 15 is 0 Å². The third-order valence-corrected chi connectivity index (χ3v) is 16.4. The highest BCUT2D eigenvalue weighted by atomic mass is 19.1. The number of phenolic OH excluding ortho intramolecular Hbond substituents is 34. The molecule has 0 heterocycles. The molecule has 124 heavy (non-hydrogen) atoms. The summed E-state index contributed by atoms with van der Waals surface area (Å²) in [6, 6.07) is 15.4. The Labute approximate surface area is 679 Å². The number of rotatable bonds is 12. The number of benzene rings is 12. The molecule has 0 bridgehead atoms. The third kappa shape index (κ3) is 18.9. The minimum atomic E-state index is -1.59. The van der Waals surface area contributed by atoms with E-state index < -0.39 is 298 Å². The Morgan fingerprint density at radius 3 is 0.734 bits per heavy atom. The number of carbonyl (C=O) groups excluding carboxylic acids is 6. The molecule has 0 aliphatic rings. The molecule has 0 fully saturated rings. The molecule has 0 amide bonds. The number of aromatic hydroxyl groups is 34. The molecule has 0 unspecified atom stereocenters. The summed E-state index contributed by atoms with van der Waals surface area (Å²) in [5, 5.41) is 316. The van der Waals surface area contributed by atoms with Gasteiger partial charge in [0.25, 0.3) is 0 Å². The average Bonchev–Trinajstić information content (AvgIpc) is 0.795. The zero-order valence-electron chi connectivity index (χ0n) is 60.5. The first-order valence-electron chi connectivity index (χ1n) is 32.5. The smallest absolute Gasteiger partial charge is 0.211 e. The molecule has 0 aliphatic carbocycles. The van der Waals surface area contributed by atoms with Crippen LogP contribution in [0.5, 0.6) is 195 Å². The molecule has 0 aromatic heterocycles. The van der Waals surface area contributed by atoms with Crippen molar-refractivity contribution in [3.8, 4) is 195 Å². The number of hydrogen-bond acceptors (Lipinski definition) is 40. The fourth-order valence-corrected chi connectivity index (χ4v) is 9.98. The van der Waals surface area contributed by atoms with E-state index in [1.807, 2.05) is 0 Å². The molecule has 0 aliphatic heterocycles. The van der Waals surface area contributed by atoms with Crippen LogP contribution in [0.2, 0.25) is 0 Å². The zero-order valence-corrected chi connectivity index (χ0v) is 60.5. The highest BCUT2D eigenvalue weighted by molar-refractivity contribution is 6.15. The van der Waals surface area contributed by atoms with Crippen molar-refractivity contribution in [1.82, 2.24) is 0 Å². The second-order valence-electron chi connectivity index (χ2n) is 24.6. The van der Waals surface area contributed by atoms with E-state index in [1.165, 1.54) is 0 Å². The normalized spacial score (nSPS) is 10.5. The number of ketones is 6. The SMILES string of the molecule is O=C(c1cc(O)c(F)c(O)c1)c1ccc(O)c(O)c1O.O=C(c1cc(O)c(O)c(O)c1)c1cc(F)c(O)c(O)c1O.O=C(c1cc(O)c(O)c(O)c1)c1cc(O)c(F)c(O)c1O.O=C(c1cc(O)c(O)c(O)c1)c1cc(O)c(O)c(F)c1O.O=C(c1cc(O)c(O)c(O)c1)c1cc(O)c(O)c(O)c1F.O=C(c1cc(O)c(O)c(O)c1)c1ccc(F)c(O)c1O. The van der Waals surface area contributed by atoms with Gasteiger partial charge in [-0.15, -0.1) is 0 Å². The summed E-state index contributed by atoms with van der Waals surface area (Å²) in [5.74, 6) is -46.5. The van der Waals surface area contributed by atoms with Crippen LogP contribution in [0.4, 0.5) is 26.3 Å². The third-order valence-electron chi connectivity index (χ3n) is 16.4. The van der Waals surface area contributed by atoms with Crippen molar-refractivity contribution in [2.45, 2.75) is 0 Å². The molecule has 12 aromatic carbocycles. The van der Waals surface area contributed by atoms with Gasteiger partial charge in [-0.25, -0.2) is 13.2 Å². The first kappa shape index (κ1) is 92.6. The molecular formula is C78H54F6O40. The van der Waals surface area contributed by atoms with Crippen molar-refractivity contribution in [3.63, 3.8) is 0 Å². The van der Waals surface area contributed by atoms with Crippen molar-refractivity contribution < 1.29 is 229 Å². The van der Waals surface area contributed by atoms with Crippen LogP contribution < -0.4 is 0 Å². The Hall–Kier alpha value is -18.6. The van der Waals surface area contributed by atoms with Gasteiger partial charge in [-0.3, -0.25) is 28.8 Å². The van der Waals surface area contributed by atoms with E-state index in [1.54, 1.807) is 0 Å². The molecule has 0 saturated carbocycles. The standard InChI is InChI=1S/4C13H9FO7.2C13H9FO6/c14-9-6(15)3-5(11(19)13(9)21)10(18)4-1-7(16)12(20)8(17)2-4;14-6-3-5(10(18)13(21)11(6)19)9(17)4-1-7(15)12(20)8(16)2-4;14-9-11(19)5(3-8(17)13(9)21)10(18)4-1-6(15)12(20)7(16)2-4;14-9-5(3-8(17)12(20)13(9)21)10(18)4-1-6(15)11(19)7(16)2-4;14-10-8(16)3-5(4-9(10)17)11(18)6-1-2-7(15)13(20)12(6)19;14-7-2-1-6(11(18)12(7)19)10(17)5-3-8(15)13(20)9(16)4-5/h1-3,15-17,19-21H;1-3,15-16,18-21H;2*1-3,15-17,19-21H;1-4,15-17,19-20H;1-4,15-16,18-20H. The van der Waals surface area contributed by atoms with Gasteiger partial charge in [0.15, 0.2) is 230 Å². The summed E-state index contributed by atoms with van der Waals surface area (Å²) in [4.78, 5) is 72.4. The molecule has 46 heteroatoms. The second-order valence-corrected chi connectivity index (χ2v) is 24.6. The summed E-state index contributed by atoms with van der Waals surface area (Å²) in [6.45, 7) is 0. The number of phenols is 34. The summed E-state index contributed by atoms with van der Waals surface area (Å²) >= 11 is 0. The second kappa shape index (κ2) is 36.3. The molecule has 0 saturated heterocycles. The minimum absolute atomic E-state index is 0.265. The van der Waals surface area contributed by atoms with Gasteiger partial charge in [-0.05, 0) is 121 Å². The number of carbonyl (C=O) groups is 6. The topological polar surface area (TPSA) is 790 Å². The van der Waals surface area contributed by atoms with Crippen LogP contribution in [0.25, 0.3) is 0 Å². The molecule has 40 nitrogen and oxygen atoms in total. The molecular weight excluding hydrogens is 1690 g/mol. The van der Waals surface area contributed by atoms with Crippen molar-refractivity contribution in [3.05, 3.63) is 223 Å². The van der Waals surface area contributed by atoms with Gasteiger partial charge in [0.2, 0.25) is 34.7 Å². The van der Waals surface area contributed by atoms with E-state index in [9.17, 15) is 188 Å². The Morgan fingerprint density at radius 1 is 0.145 bits per heavy atom. The van der Waals surface area contributed by atoms with Crippen molar-refractivity contribution in [1.29, 1.82) is 0 Å². The quantitative estimate of drug-likeness (QED) is 0.0236. The van der Waals surface area contributed by atoms with E-state index in [4.69, 9.17) is 40.9 Å². The summed E-state index contributed by atoms with van der Waals surface area (Å²) in [7, 11) is 0. The Kier molecular flexibility index (Phi) is 27.1. The van der Waals surface area contributed by atoms with Gasteiger partial charge in [0, 0.05) is 33.4 Å². The highest BCUT2D eigenvalue weighted by Crippen LogP contribution is 2.48. The molecule has 34 N–H and O–H groups in total. The van der Waals surface area contributed by atoms with E-state index in [0.29, 0.717) is 24.3 Å². The van der Waals surface area contributed by atoms with Gasteiger partial charge in [-0.1, -0.05) is 0 Å².